The second-order valence-corrected chi connectivity index (χ2v) is 4.63. The van der Waals surface area contributed by atoms with Gasteiger partial charge in [0.25, 0.3) is 0 Å². The lowest BCUT2D eigenvalue weighted by atomic mass is 10.1. The summed E-state index contributed by atoms with van der Waals surface area (Å²) in [6.45, 7) is 1.73. The van der Waals surface area contributed by atoms with Crippen LogP contribution in [0.1, 0.15) is 5.56 Å². The molecule has 0 heterocycles. The molecule has 0 aliphatic carbocycles. The van der Waals surface area contributed by atoms with Gasteiger partial charge in [0, 0.05) is 17.8 Å². The number of aryl methyl sites for hydroxylation is 1. The third kappa shape index (κ3) is 2.41. The maximum absolute atomic E-state index is 13.2. The Balaban J connectivity index is 2.41. The highest BCUT2D eigenvalue weighted by atomic mass is 35.5. The molecule has 0 saturated heterocycles. The van der Waals surface area contributed by atoms with Crippen LogP contribution in [-0.4, -0.2) is 7.05 Å². The van der Waals surface area contributed by atoms with Gasteiger partial charge in [-0.25, -0.2) is 4.39 Å². The van der Waals surface area contributed by atoms with Gasteiger partial charge in [0.15, 0.2) is 0 Å². The molecule has 2 nitrogen and oxygen atoms in total. The van der Waals surface area contributed by atoms with E-state index in [4.69, 9.17) is 17.3 Å². The summed E-state index contributed by atoms with van der Waals surface area (Å²) in [7, 11) is 1.88. The zero-order valence-electron chi connectivity index (χ0n) is 10.2. The molecule has 2 N–H and O–H groups in total. The molecular formula is C14H14ClFN2. The predicted octanol–water partition coefficient (Wildman–Crippen LogP) is 4.14. The van der Waals surface area contributed by atoms with Gasteiger partial charge in [0.2, 0.25) is 0 Å². The van der Waals surface area contributed by atoms with Crippen LogP contribution >= 0.6 is 11.6 Å². The summed E-state index contributed by atoms with van der Waals surface area (Å²) in [5.74, 6) is -0.212. The van der Waals surface area contributed by atoms with E-state index in [1.165, 1.54) is 6.07 Å². The first-order valence-corrected chi connectivity index (χ1v) is 5.92. The molecule has 0 spiro atoms. The molecule has 0 amide bonds. The largest absolute Gasteiger partial charge is 0.397 e. The number of hydrogen-bond acceptors (Lipinski definition) is 2. The van der Waals surface area contributed by atoms with Gasteiger partial charge in [-0.2, -0.15) is 0 Å². The molecule has 0 saturated carbocycles. The van der Waals surface area contributed by atoms with Crippen LogP contribution in [0, 0.1) is 12.7 Å². The van der Waals surface area contributed by atoms with E-state index in [9.17, 15) is 4.39 Å². The first-order valence-electron chi connectivity index (χ1n) is 5.54. The summed E-state index contributed by atoms with van der Waals surface area (Å²) in [4.78, 5) is 1.90. The van der Waals surface area contributed by atoms with Gasteiger partial charge < -0.3 is 10.6 Å². The van der Waals surface area contributed by atoms with Crippen molar-refractivity contribution in [2.24, 2.45) is 0 Å². The van der Waals surface area contributed by atoms with Crippen LogP contribution < -0.4 is 10.6 Å². The van der Waals surface area contributed by atoms with Gasteiger partial charge in [-0.3, -0.25) is 0 Å². The van der Waals surface area contributed by atoms with Crippen LogP contribution in [0.3, 0.4) is 0 Å². The lowest BCUT2D eigenvalue weighted by molar-refractivity contribution is 0.618. The normalized spacial score (nSPS) is 10.4. The van der Waals surface area contributed by atoms with Crippen molar-refractivity contribution in [2.75, 3.05) is 17.7 Å². The van der Waals surface area contributed by atoms with Gasteiger partial charge in [0.05, 0.1) is 11.4 Å². The fraction of sp³-hybridized carbons (Fsp3) is 0.143. The molecule has 2 aromatic carbocycles. The molecule has 18 heavy (non-hydrogen) atoms. The molecule has 0 aliphatic rings. The number of benzene rings is 2. The average molecular weight is 265 g/mol. The van der Waals surface area contributed by atoms with Crippen molar-refractivity contribution in [1.82, 2.24) is 0 Å². The SMILES string of the molecule is Cc1cc(N(C)c2ccc(Cl)cc2N)ccc1F. The molecular weight excluding hydrogens is 251 g/mol. The quantitative estimate of drug-likeness (QED) is 0.826. The number of rotatable bonds is 2. The summed E-state index contributed by atoms with van der Waals surface area (Å²) < 4.78 is 13.2. The number of halogens is 2. The van der Waals surface area contributed by atoms with Crippen LogP contribution in [0.15, 0.2) is 36.4 Å². The minimum atomic E-state index is -0.212. The minimum absolute atomic E-state index is 0.212. The predicted molar refractivity (Wildman–Crippen MR) is 75.1 cm³/mol. The molecule has 4 heteroatoms. The van der Waals surface area contributed by atoms with E-state index in [0.29, 0.717) is 16.3 Å². The van der Waals surface area contributed by atoms with E-state index < -0.39 is 0 Å². The van der Waals surface area contributed by atoms with E-state index in [1.54, 1.807) is 31.2 Å². The Morgan fingerprint density at radius 3 is 2.50 bits per heavy atom. The average Bonchev–Trinajstić information content (AvgIpc) is 2.32. The van der Waals surface area contributed by atoms with Crippen molar-refractivity contribution in [3.8, 4) is 0 Å². The molecule has 0 radical (unpaired) electrons. The maximum Gasteiger partial charge on any atom is 0.126 e. The molecule has 2 rings (SSSR count). The van der Waals surface area contributed by atoms with E-state index in [0.717, 1.165) is 11.4 Å². The second-order valence-electron chi connectivity index (χ2n) is 4.20. The van der Waals surface area contributed by atoms with E-state index in [-0.39, 0.29) is 5.82 Å². The lowest BCUT2D eigenvalue weighted by Crippen LogP contribution is -2.11. The lowest BCUT2D eigenvalue weighted by Gasteiger charge is -2.22. The monoisotopic (exact) mass is 264 g/mol. The molecule has 0 aliphatic heterocycles. The summed E-state index contributed by atoms with van der Waals surface area (Å²) in [6.07, 6.45) is 0. The summed E-state index contributed by atoms with van der Waals surface area (Å²) in [5, 5.41) is 0.597. The van der Waals surface area contributed by atoms with Crippen molar-refractivity contribution in [3.63, 3.8) is 0 Å². The topological polar surface area (TPSA) is 29.3 Å². The highest BCUT2D eigenvalue weighted by Crippen LogP contribution is 2.31. The summed E-state index contributed by atoms with van der Waals surface area (Å²) in [5.41, 5.74) is 8.84. The van der Waals surface area contributed by atoms with Gasteiger partial charge in [-0.05, 0) is 48.9 Å². The van der Waals surface area contributed by atoms with Crippen molar-refractivity contribution in [1.29, 1.82) is 0 Å². The molecule has 94 valence electrons. The third-order valence-corrected chi connectivity index (χ3v) is 3.11. The standard InChI is InChI=1S/C14H14ClFN2/c1-9-7-11(4-5-12(9)16)18(2)14-6-3-10(15)8-13(14)17/h3-8H,17H2,1-2H3. The molecule has 0 fully saturated rings. The Bertz CT molecular complexity index is 584. The number of nitrogens with two attached hydrogens (primary N) is 1. The Morgan fingerprint density at radius 1 is 1.17 bits per heavy atom. The van der Waals surface area contributed by atoms with E-state index in [2.05, 4.69) is 0 Å². The summed E-state index contributed by atoms with van der Waals surface area (Å²) >= 11 is 5.87. The number of nitrogen functional groups attached to an aromatic ring is 1. The Labute approximate surface area is 111 Å². The van der Waals surface area contributed by atoms with Crippen LogP contribution in [0.5, 0.6) is 0 Å². The van der Waals surface area contributed by atoms with Gasteiger partial charge in [0.1, 0.15) is 5.82 Å². The van der Waals surface area contributed by atoms with Crippen LogP contribution in [0.25, 0.3) is 0 Å². The number of nitrogens with zero attached hydrogens (tertiary/aromatic N) is 1. The molecule has 2 aromatic rings. The van der Waals surface area contributed by atoms with Crippen LogP contribution in [0.2, 0.25) is 5.02 Å². The highest BCUT2D eigenvalue weighted by molar-refractivity contribution is 6.31. The maximum atomic E-state index is 13.2. The van der Waals surface area contributed by atoms with Crippen molar-refractivity contribution in [3.05, 3.63) is 52.8 Å². The van der Waals surface area contributed by atoms with E-state index in [1.807, 2.05) is 18.0 Å². The Hall–Kier alpha value is -1.74. The van der Waals surface area contributed by atoms with Crippen LogP contribution in [0.4, 0.5) is 21.5 Å². The van der Waals surface area contributed by atoms with Crippen molar-refractivity contribution in [2.45, 2.75) is 6.92 Å². The zero-order valence-corrected chi connectivity index (χ0v) is 11.0. The number of hydrogen-bond donors (Lipinski definition) is 1. The fourth-order valence-corrected chi connectivity index (χ4v) is 1.99. The van der Waals surface area contributed by atoms with E-state index >= 15 is 0 Å². The molecule has 0 bridgehead atoms. The van der Waals surface area contributed by atoms with Gasteiger partial charge in [-0.15, -0.1) is 0 Å². The third-order valence-electron chi connectivity index (χ3n) is 2.88. The van der Waals surface area contributed by atoms with Crippen molar-refractivity contribution >= 4 is 28.7 Å². The van der Waals surface area contributed by atoms with Crippen LogP contribution in [-0.2, 0) is 0 Å². The van der Waals surface area contributed by atoms with Gasteiger partial charge in [-0.1, -0.05) is 11.6 Å². The van der Waals surface area contributed by atoms with Gasteiger partial charge >= 0.3 is 0 Å². The summed E-state index contributed by atoms with van der Waals surface area (Å²) in [6, 6.07) is 10.3. The Kier molecular flexibility index (Phi) is 3.43. The molecule has 0 atom stereocenters. The Morgan fingerprint density at radius 2 is 1.89 bits per heavy atom. The molecule has 0 unspecified atom stereocenters. The highest BCUT2D eigenvalue weighted by Gasteiger charge is 2.09. The minimum Gasteiger partial charge on any atom is -0.397 e. The molecule has 0 aromatic heterocycles. The number of anilines is 3. The second kappa shape index (κ2) is 4.86. The van der Waals surface area contributed by atoms with Crippen molar-refractivity contribution < 1.29 is 4.39 Å². The smallest absolute Gasteiger partial charge is 0.126 e. The zero-order chi connectivity index (χ0) is 13.3. The first kappa shape index (κ1) is 12.7. The first-order chi connectivity index (χ1) is 8.49. The fourth-order valence-electron chi connectivity index (χ4n) is 1.81.